The summed E-state index contributed by atoms with van der Waals surface area (Å²) in [7, 11) is 2.22. The maximum absolute atomic E-state index is 4.60. The van der Waals surface area contributed by atoms with E-state index in [2.05, 4.69) is 36.1 Å². The predicted octanol–water partition coefficient (Wildman–Crippen LogP) is 1.46. The fourth-order valence-electron chi connectivity index (χ4n) is 2.13. The van der Waals surface area contributed by atoms with E-state index in [0.717, 1.165) is 32.5 Å². The van der Waals surface area contributed by atoms with Crippen molar-refractivity contribution in [3.63, 3.8) is 0 Å². The minimum absolute atomic E-state index is 0.637. The van der Waals surface area contributed by atoms with Gasteiger partial charge in [0.1, 0.15) is 0 Å². The SMILES string of the molecule is CCc1nc(C)c(CC2CNCCN2C)s1. The van der Waals surface area contributed by atoms with E-state index >= 15 is 0 Å². The Morgan fingerprint density at radius 2 is 2.38 bits per heavy atom. The van der Waals surface area contributed by atoms with Gasteiger partial charge in [-0.25, -0.2) is 4.98 Å². The second kappa shape index (κ2) is 5.25. The molecule has 1 saturated heterocycles. The molecule has 0 saturated carbocycles. The zero-order valence-corrected chi connectivity index (χ0v) is 11.2. The maximum Gasteiger partial charge on any atom is 0.0928 e. The molecule has 1 aromatic heterocycles. The van der Waals surface area contributed by atoms with Gasteiger partial charge in [0.05, 0.1) is 10.7 Å². The Labute approximate surface area is 102 Å². The summed E-state index contributed by atoms with van der Waals surface area (Å²) in [4.78, 5) is 8.53. The Balaban J connectivity index is 2.04. The topological polar surface area (TPSA) is 28.2 Å². The first kappa shape index (κ1) is 12.0. The molecule has 0 spiro atoms. The van der Waals surface area contributed by atoms with Crippen molar-refractivity contribution in [3.8, 4) is 0 Å². The lowest BCUT2D eigenvalue weighted by Crippen LogP contribution is -2.50. The summed E-state index contributed by atoms with van der Waals surface area (Å²) >= 11 is 1.89. The van der Waals surface area contributed by atoms with Gasteiger partial charge in [0.15, 0.2) is 0 Å². The molecule has 1 N–H and O–H groups in total. The molecular weight excluding hydrogens is 218 g/mol. The lowest BCUT2D eigenvalue weighted by atomic mass is 10.1. The van der Waals surface area contributed by atoms with Crippen molar-refractivity contribution < 1.29 is 0 Å². The first-order valence-corrected chi connectivity index (χ1v) is 6.88. The monoisotopic (exact) mass is 239 g/mol. The summed E-state index contributed by atoms with van der Waals surface area (Å²) in [5, 5.41) is 4.75. The molecule has 4 heteroatoms. The third kappa shape index (κ3) is 2.62. The number of nitrogens with one attached hydrogen (secondary N) is 1. The molecule has 0 aromatic carbocycles. The van der Waals surface area contributed by atoms with E-state index in [-0.39, 0.29) is 0 Å². The van der Waals surface area contributed by atoms with Crippen LogP contribution in [0, 0.1) is 6.92 Å². The molecule has 0 bridgehead atoms. The molecule has 2 rings (SSSR count). The van der Waals surface area contributed by atoms with Crippen LogP contribution in [-0.2, 0) is 12.8 Å². The van der Waals surface area contributed by atoms with E-state index in [0.29, 0.717) is 6.04 Å². The van der Waals surface area contributed by atoms with Gasteiger partial charge in [0.25, 0.3) is 0 Å². The van der Waals surface area contributed by atoms with Gasteiger partial charge >= 0.3 is 0 Å². The van der Waals surface area contributed by atoms with Crippen molar-refractivity contribution in [3.05, 3.63) is 15.6 Å². The third-order valence-corrected chi connectivity index (χ3v) is 4.63. The number of hydrogen-bond donors (Lipinski definition) is 1. The molecule has 0 amide bonds. The first-order chi connectivity index (χ1) is 7.70. The number of aromatic nitrogens is 1. The fraction of sp³-hybridized carbons (Fsp3) is 0.750. The number of hydrogen-bond acceptors (Lipinski definition) is 4. The second-order valence-electron chi connectivity index (χ2n) is 4.51. The smallest absolute Gasteiger partial charge is 0.0928 e. The molecule has 16 heavy (non-hydrogen) atoms. The zero-order chi connectivity index (χ0) is 11.5. The lowest BCUT2D eigenvalue weighted by Gasteiger charge is -2.32. The van der Waals surface area contributed by atoms with E-state index in [9.17, 15) is 0 Å². The molecule has 0 aliphatic carbocycles. The summed E-state index contributed by atoms with van der Waals surface area (Å²) in [5.74, 6) is 0. The molecule has 1 aromatic rings. The number of piperazine rings is 1. The number of thiazole rings is 1. The Hall–Kier alpha value is -0.450. The number of aryl methyl sites for hydroxylation is 2. The highest BCUT2D eigenvalue weighted by Crippen LogP contribution is 2.21. The molecule has 2 heterocycles. The van der Waals surface area contributed by atoms with Crippen LogP contribution in [0.2, 0.25) is 0 Å². The van der Waals surface area contributed by atoms with Gasteiger partial charge in [0, 0.05) is 37.0 Å². The van der Waals surface area contributed by atoms with Crippen molar-refractivity contribution in [2.75, 3.05) is 26.7 Å². The molecule has 1 aliphatic rings. The van der Waals surface area contributed by atoms with E-state index in [1.807, 2.05) is 11.3 Å². The molecule has 1 unspecified atom stereocenters. The van der Waals surface area contributed by atoms with Crippen LogP contribution in [0.25, 0.3) is 0 Å². The van der Waals surface area contributed by atoms with Crippen LogP contribution in [0.3, 0.4) is 0 Å². The van der Waals surface area contributed by atoms with Crippen LogP contribution < -0.4 is 5.32 Å². The number of likely N-dealkylation sites (N-methyl/N-ethyl adjacent to an activating group) is 1. The summed E-state index contributed by atoms with van der Waals surface area (Å²) in [6, 6.07) is 0.637. The average Bonchev–Trinajstić information content (AvgIpc) is 2.63. The van der Waals surface area contributed by atoms with Crippen molar-refractivity contribution in [1.82, 2.24) is 15.2 Å². The minimum atomic E-state index is 0.637. The lowest BCUT2D eigenvalue weighted by molar-refractivity contribution is 0.199. The minimum Gasteiger partial charge on any atom is -0.314 e. The average molecular weight is 239 g/mol. The zero-order valence-electron chi connectivity index (χ0n) is 10.4. The summed E-state index contributed by atoms with van der Waals surface area (Å²) in [6.45, 7) is 7.70. The largest absolute Gasteiger partial charge is 0.314 e. The van der Waals surface area contributed by atoms with Crippen molar-refractivity contribution >= 4 is 11.3 Å². The van der Waals surface area contributed by atoms with Crippen molar-refractivity contribution in [2.24, 2.45) is 0 Å². The normalized spacial score (nSPS) is 22.6. The van der Waals surface area contributed by atoms with Crippen molar-refractivity contribution in [1.29, 1.82) is 0 Å². The molecule has 90 valence electrons. The molecule has 1 aliphatic heterocycles. The Morgan fingerprint density at radius 1 is 1.56 bits per heavy atom. The molecule has 1 fully saturated rings. The van der Waals surface area contributed by atoms with E-state index in [4.69, 9.17) is 0 Å². The van der Waals surface area contributed by atoms with Crippen LogP contribution in [0.4, 0.5) is 0 Å². The standard InChI is InChI=1S/C12H21N3S/c1-4-12-14-9(2)11(16-12)7-10-8-13-5-6-15(10)3/h10,13H,4-8H2,1-3H3. The highest BCUT2D eigenvalue weighted by atomic mass is 32.1. The summed E-state index contributed by atoms with van der Waals surface area (Å²) < 4.78 is 0. The molecule has 1 atom stereocenters. The van der Waals surface area contributed by atoms with Crippen LogP contribution in [0.5, 0.6) is 0 Å². The molecule has 3 nitrogen and oxygen atoms in total. The van der Waals surface area contributed by atoms with Gasteiger partial charge in [-0.1, -0.05) is 6.92 Å². The van der Waals surface area contributed by atoms with Gasteiger partial charge in [0.2, 0.25) is 0 Å². The van der Waals surface area contributed by atoms with Crippen molar-refractivity contribution in [2.45, 2.75) is 32.7 Å². The van der Waals surface area contributed by atoms with Gasteiger partial charge in [-0.3, -0.25) is 0 Å². The Morgan fingerprint density at radius 3 is 3.00 bits per heavy atom. The maximum atomic E-state index is 4.60. The highest BCUT2D eigenvalue weighted by molar-refractivity contribution is 7.11. The predicted molar refractivity (Wildman–Crippen MR) is 69.2 cm³/mol. The number of rotatable bonds is 3. The highest BCUT2D eigenvalue weighted by Gasteiger charge is 2.20. The van der Waals surface area contributed by atoms with E-state index in [1.165, 1.54) is 15.6 Å². The van der Waals surface area contributed by atoms with Crippen LogP contribution in [0.15, 0.2) is 0 Å². The van der Waals surface area contributed by atoms with Gasteiger partial charge < -0.3 is 10.2 Å². The third-order valence-electron chi connectivity index (χ3n) is 3.31. The molecular formula is C12H21N3S. The van der Waals surface area contributed by atoms with Crippen LogP contribution in [-0.4, -0.2) is 42.6 Å². The van der Waals surface area contributed by atoms with E-state index in [1.54, 1.807) is 0 Å². The number of nitrogens with zero attached hydrogens (tertiary/aromatic N) is 2. The van der Waals surface area contributed by atoms with Crippen LogP contribution in [0.1, 0.15) is 22.5 Å². The fourth-order valence-corrected chi connectivity index (χ4v) is 3.21. The van der Waals surface area contributed by atoms with Crippen LogP contribution >= 0.6 is 11.3 Å². The van der Waals surface area contributed by atoms with Gasteiger partial charge in [-0.05, 0) is 20.4 Å². The van der Waals surface area contributed by atoms with E-state index < -0.39 is 0 Å². The van der Waals surface area contributed by atoms with Gasteiger partial charge in [-0.2, -0.15) is 0 Å². The Kier molecular flexibility index (Phi) is 3.95. The second-order valence-corrected chi connectivity index (χ2v) is 5.68. The first-order valence-electron chi connectivity index (χ1n) is 6.06. The molecule has 0 radical (unpaired) electrons. The quantitative estimate of drug-likeness (QED) is 0.865. The summed E-state index contributed by atoms with van der Waals surface area (Å²) in [5.41, 5.74) is 1.24. The van der Waals surface area contributed by atoms with Gasteiger partial charge in [-0.15, -0.1) is 11.3 Å². The summed E-state index contributed by atoms with van der Waals surface area (Å²) in [6.07, 6.45) is 2.21. The Bertz CT molecular complexity index is 348.